The van der Waals surface area contributed by atoms with Gasteiger partial charge >= 0.3 is 0 Å². The van der Waals surface area contributed by atoms with Crippen molar-refractivity contribution in [2.45, 2.75) is 13.5 Å². The lowest BCUT2D eigenvalue weighted by Crippen LogP contribution is -3.08. The van der Waals surface area contributed by atoms with E-state index < -0.39 is 0 Å². The lowest BCUT2D eigenvalue weighted by atomic mass is 10.2. The number of anilines is 1. The quantitative estimate of drug-likeness (QED) is 0.606. The zero-order chi connectivity index (χ0) is 19.9. The molecule has 0 aliphatic rings. The maximum Gasteiger partial charge on any atom is 0.279 e. The van der Waals surface area contributed by atoms with E-state index in [1.165, 1.54) is 6.33 Å². The van der Waals surface area contributed by atoms with Gasteiger partial charge in [-0.25, -0.2) is 9.67 Å². The topological polar surface area (TPSA) is 73.5 Å². The number of nitrogens with zero attached hydrogens (tertiary/aromatic N) is 3. The molecule has 1 amide bonds. The number of benzene rings is 2. The van der Waals surface area contributed by atoms with Crippen LogP contribution in [0.25, 0.3) is 5.69 Å². The van der Waals surface area contributed by atoms with Gasteiger partial charge in [-0.2, -0.15) is 5.10 Å². The number of aromatic nitrogens is 3. The zero-order valence-electron chi connectivity index (χ0n) is 15.9. The molecule has 0 aliphatic carbocycles. The fraction of sp³-hybridized carbons (Fsp3) is 0.250. The van der Waals surface area contributed by atoms with Gasteiger partial charge in [0.1, 0.15) is 24.9 Å². The van der Waals surface area contributed by atoms with Crippen LogP contribution in [-0.4, -0.2) is 40.9 Å². The van der Waals surface area contributed by atoms with E-state index in [4.69, 9.17) is 16.3 Å². The summed E-state index contributed by atoms with van der Waals surface area (Å²) in [5.41, 5.74) is 2.44. The van der Waals surface area contributed by atoms with Crippen LogP contribution in [0.3, 0.4) is 0 Å². The second-order valence-electron chi connectivity index (χ2n) is 6.44. The predicted molar refractivity (Wildman–Crippen MR) is 108 cm³/mol. The van der Waals surface area contributed by atoms with Crippen LogP contribution in [0.15, 0.2) is 55.1 Å². The molecule has 0 fully saturated rings. The van der Waals surface area contributed by atoms with Crippen molar-refractivity contribution in [2.75, 3.05) is 25.5 Å². The van der Waals surface area contributed by atoms with Gasteiger partial charge in [0.2, 0.25) is 0 Å². The van der Waals surface area contributed by atoms with Crippen molar-refractivity contribution in [3.8, 4) is 11.4 Å². The minimum Gasteiger partial charge on any atom is -0.494 e. The maximum absolute atomic E-state index is 12.5. The first-order valence-corrected chi connectivity index (χ1v) is 9.40. The summed E-state index contributed by atoms with van der Waals surface area (Å²) in [5.74, 6) is 0.746. The van der Waals surface area contributed by atoms with Crippen LogP contribution in [0.2, 0.25) is 5.02 Å². The molecule has 1 heterocycles. The Kier molecular flexibility index (Phi) is 6.62. The number of hydrogen-bond donors (Lipinski definition) is 2. The van der Waals surface area contributed by atoms with Gasteiger partial charge < -0.3 is 15.0 Å². The van der Waals surface area contributed by atoms with Crippen molar-refractivity contribution >= 4 is 23.2 Å². The molecular formula is C20H23ClN5O2+. The number of amides is 1. The largest absolute Gasteiger partial charge is 0.494 e. The van der Waals surface area contributed by atoms with Crippen LogP contribution < -0.4 is 15.0 Å². The molecule has 2 aromatic carbocycles. The number of ether oxygens (including phenoxy) is 1. The first-order chi connectivity index (χ1) is 13.5. The Labute approximate surface area is 168 Å². The standard InChI is InChI=1S/C20H22ClN5O2/c1-3-28-17-7-4-15(5-8-17)11-25(2)12-20(27)24-18-10-16(21)6-9-19(18)26-14-22-13-23-26/h4-10,13-14H,3,11-12H2,1-2H3,(H,24,27)/p+1. The number of nitrogens with one attached hydrogen (secondary N) is 2. The Bertz CT molecular complexity index is 913. The van der Waals surface area contributed by atoms with E-state index in [-0.39, 0.29) is 5.91 Å². The molecule has 0 radical (unpaired) electrons. The summed E-state index contributed by atoms with van der Waals surface area (Å²) in [6.07, 6.45) is 3.01. The molecule has 3 aromatic rings. The number of likely N-dealkylation sites (N-methyl/N-ethyl adjacent to an activating group) is 1. The Morgan fingerprint density at radius 3 is 2.71 bits per heavy atom. The SMILES string of the molecule is CCOc1ccc(C[NH+](C)CC(=O)Nc2cc(Cl)ccc2-n2cncn2)cc1. The molecular weight excluding hydrogens is 378 g/mol. The predicted octanol–water partition coefficient (Wildman–Crippen LogP) is 1.97. The van der Waals surface area contributed by atoms with E-state index in [1.807, 2.05) is 38.2 Å². The molecule has 0 saturated heterocycles. The summed E-state index contributed by atoms with van der Waals surface area (Å²) in [5, 5.41) is 7.58. The first-order valence-electron chi connectivity index (χ1n) is 9.02. The second kappa shape index (κ2) is 9.34. The monoisotopic (exact) mass is 400 g/mol. The molecule has 0 bridgehead atoms. The van der Waals surface area contributed by atoms with E-state index in [0.717, 1.165) is 22.8 Å². The summed E-state index contributed by atoms with van der Waals surface area (Å²) in [7, 11) is 1.98. The van der Waals surface area contributed by atoms with E-state index in [9.17, 15) is 4.79 Å². The molecule has 1 unspecified atom stereocenters. The Morgan fingerprint density at radius 2 is 2.04 bits per heavy atom. The number of carbonyl (C=O) groups excluding carboxylic acids is 1. The summed E-state index contributed by atoms with van der Waals surface area (Å²) in [6, 6.07) is 13.2. The third-order valence-corrected chi connectivity index (χ3v) is 4.34. The smallest absolute Gasteiger partial charge is 0.279 e. The van der Waals surface area contributed by atoms with Gasteiger partial charge in [-0.15, -0.1) is 0 Å². The molecule has 0 saturated carbocycles. The lowest BCUT2D eigenvalue weighted by molar-refractivity contribution is -0.885. The fourth-order valence-corrected chi connectivity index (χ4v) is 3.06. The third-order valence-electron chi connectivity index (χ3n) is 4.10. The van der Waals surface area contributed by atoms with E-state index in [0.29, 0.717) is 29.5 Å². The highest BCUT2D eigenvalue weighted by Crippen LogP contribution is 2.23. The van der Waals surface area contributed by atoms with Crippen LogP contribution in [0.1, 0.15) is 12.5 Å². The number of rotatable bonds is 8. The van der Waals surface area contributed by atoms with Crippen LogP contribution in [0.4, 0.5) is 5.69 Å². The number of halogens is 1. The molecule has 7 nitrogen and oxygen atoms in total. The first kappa shape index (κ1) is 19.9. The van der Waals surface area contributed by atoms with Crippen molar-refractivity contribution in [1.82, 2.24) is 14.8 Å². The highest BCUT2D eigenvalue weighted by molar-refractivity contribution is 6.31. The molecule has 2 N–H and O–H groups in total. The average molecular weight is 401 g/mol. The maximum atomic E-state index is 12.5. The van der Waals surface area contributed by atoms with Gasteiger partial charge in [0, 0.05) is 10.6 Å². The number of quaternary nitrogens is 1. The van der Waals surface area contributed by atoms with Crippen LogP contribution in [-0.2, 0) is 11.3 Å². The normalized spacial score (nSPS) is 11.8. The second-order valence-corrected chi connectivity index (χ2v) is 6.87. The summed E-state index contributed by atoms with van der Waals surface area (Å²) < 4.78 is 7.04. The molecule has 3 rings (SSSR count). The molecule has 1 atom stereocenters. The van der Waals surface area contributed by atoms with Crippen molar-refractivity contribution in [3.05, 3.63) is 65.7 Å². The van der Waals surface area contributed by atoms with Gasteiger partial charge in [0.05, 0.1) is 25.0 Å². The van der Waals surface area contributed by atoms with Crippen LogP contribution >= 0.6 is 11.6 Å². The Morgan fingerprint density at radius 1 is 1.25 bits per heavy atom. The van der Waals surface area contributed by atoms with Gasteiger partial charge in [0.25, 0.3) is 5.91 Å². The van der Waals surface area contributed by atoms with Gasteiger partial charge in [0.15, 0.2) is 6.54 Å². The Hall–Kier alpha value is -2.90. The minimum atomic E-state index is -0.105. The third kappa shape index (κ3) is 5.31. The fourth-order valence-electron chi connectivity index (χ4n) is 2.89. The van der Waals surface area contributed by atoms with Gasteiger partial charge in [-0.05, 0) is 49.4 Å². The minimum absolute atomic E-state index is 0.105. The molecule has 146 valence electrons. The van der Waals surface area contributed by atoms with E-state index in [2.05, 4.69) is 15.4 Å². The average Bonchev–Trinajstić information content (AvgIpc) is 3.18. The summed E-state index contributed by atoms with van der Waals surface area (Å²) >= 11 is 6.10. The van der Waals surface area contributed by atoms with Crippen LogP contribution in [0, 0.1) is 0 Å². The van der Waals surface area contributed by atoms with Gasteiger partial charge in [-0.3, -0.25) is 4.79 Å². The summed E-state index contributed by atoms with van der Waals surface area (Å²) in [6.45, 7) is 3.64. The highest BCUT2D eigenvalue weighted by atomic mass is 35.5. The molecule has 0 spiro atoms. The van der Waals surface area contributed by atoms with Gasteiger partial charge in [-0.1, -0.05) is 11.6 Å². The number of hydrogen-bond acceptors (Lipinski definition) is 4. The highest BCUT2D eigenvalue weighted by Gasteiger charge is 2.14. The molecule has 28 heavy (non-hydrogen) atoms. The van der Waals surface area contributed by atoms with E-state index in [1.54, 1.807) is 29.2 Å². The lowest BCUT2D eigenvalue weighted by Gasteiger charge is -2.16. The van der Waals surface area contributed by atoms with E-state index >= 15 is 0 Å². The van der Waals surface area contributed by atoms with Crippen molar-refractivity contribution in [1.29, 1.82) is 0 Å². The molecule has 0 aliphatic heterocycles. The molecule has 1 aromatic heterocycles. The summed E-state index contributed by atoms with van der Waals surface area (Å²) in [4.78, 5) is 17.6. The van der Waals surface area contributed by atoms with Crippen LogP contribution in [0.5, 0.6) is 5.75 Å². The zero-order valence-corrected chi connectivity index (χ0v) is 16.6. The van der Waals surface area contributed by atoms with Crippen molar-refractivity contribution < 1.29 is 14.4 Å². The van der Waals surface area contributed by atoms with Crippen molar-refractivity contribution in [2.24, 2.45) is 0 Å². The number of carbonyl (C=O) groups is 1. The Balaban J connectivity index is 1.61. The molecule has 8 heteroatoms. The van der Waals surface area contributed by atoms with Crippen molar-refractivity contribution in [3.63, 3.8) is 0 Å².